The molecule has 23 heavy (non-hydrogen) atoms. The van der Waals surface area contributed by atoms with E-state index >= 15 is 0 Å². The van der Waals surface area contributed by atoms with E-state index < -0.39 is 11.2 Å². The SMILES string of the molecule is CC(C)Oc1cc(-n2nc(C(C)(C)C)oc2=O)c(Cl)c(Cl)c1Cl. The molecule has 0 atom stereocenters. The van der Waals surface area contributed by atoms with E-state index in [0.717, 1.165) is 4.68 Å². The van der Waals surface area contributed by atoms with Gasteiger partial charge in [0.25, 0.3) is 0 Å². The molecule has 0 fully saturated rings. The molecule has 0 amide bonds. The van der Waals surface area contributed by atoms with Gasteiger partial charge in [0.1, 0.15) is 10.8 Å². The first-order valence-electron chi connectivity index (χ1n) is 6.97. The summed E-state index contributed by atoms with van der Waals surface area (Å²) in [5.41, 5.74) is -0.175. The van der Waals surface area contributed by atoms with Gasteiger partial charge in [0, 0.05) is 11.5 Å². The summed E-state index contributed by atoms with van der Waals surface area (Å²) in [6.07, 6.45) is -0.128. The molecular formula is C15H17Cl3N2O3. The second-order valence-corrected chi connectivity index (χ2v) is 7.47. The van der Waals surface area contributed by atoms with Crippen LogP contribution in [0.5, 0.6) is 5.75 Å². The maximum absolute atomic E-state index is 12.1. The number of hydrogen-bond donors (Lipinski definition) is 0. The van der Waals surface area contributed by atoms with Crippen molar-refractivity contribution in [2.45, 2.75) is 46.1 Å². The van der Waals surface area contributed by atoms with Gasteiger partial charge in [0.2, 0.25) is 5.89 Å². The maximum Gasteiger partial charge on any atom is 0.442 e. The third-order valence-corrected chi connectivity index (χ3v) is 4.20. The average molecular weight is 380 g/mol. The Morgan fingerprint density at radius 1 is 1.17 bits per heavy atom. The molecule has 0 aliphatic rings. The van der Waals surface area contributed by atoms with Gasteiger partial charge in [-0.2, -0.15) is 4.68 Å². The lowest BCUT2D eigenvalue weighted by molar-refractivity contribution is 0.242. The summed E-state index contributed by atoms with van der Waals surface area (Å²) in [6.45, 7) is 9.34. The zero-order valence-corrected chi connectivity index (χ0v) is 15.7. The molecule has 0 bridgehead atoms. The second kappa shape index (κ2) is 6.38. The molecule has 0 radical (unpaired) electrons. The smallest absolute Gasteiger partial charge is 0.442 e. The highest BCUT2D eigenvalue weighted by atomic mass is 35.5. The minimum absolute atomic E-state index is 0.0914. The van der Waals surface area contributed by atoms with Crippen LogP contribution in [0.3, 0.4) is 0 Å². The van der Waals surface area contributed by atoms with Crippen LogP contribution in [0.4, 0.5) is 0 Å². The van der Waals surface area contributed by atoms with Crippen molar-refractivity contribution in [3.8, 4) is 11.4 Å². The van der Waals surface area contributed by atoms with Crippen LogP contribution < -0.4 is 10.5 Å². The molecule has 1 heterocycles. The molecule has 8 heteroatoms. The van der Waals surface area contributed by atoms with E-state index in [1.165, 1.54) is 6.07 Å². The van der Waals surface area contributed by atoms with Crippen LogP contribution >= 0.6 is 34.8 Å². The third kappa shape index (κ3) is 3.67. The van der Waals surface area contributed by atoms with E-state index in [1.54, 1.807) is 0 Å². The van der Waals surface area contributed by atoms with E-state index in [2.05, 4.69) is 5.10 Å². The molecule has 0 saturated heterocycles. The summed E-state index contributed by atoms with van der Waals surface area (Å²) in [4.78, 5) is 12.1. The standard InChI is InChI=1S/C15H17Cl3N2O3/c1-7(2)22-9-6-8(10(16)12(18)11(9)17)20-14(21)23-13(19-20)15(3,4)5/h6-7H,1-5H3. The van der Waals surface area contributed by atoms with Gasteiger partial charge in [-0.05, 0) is 13.8 Å². The number of nitrogens with zero attached hydrogens (tertiary/aromatic N) is 2. The van der Waals surface area contributed by atoms with Crippen LogP contribution in [0.25, 0.3) is 5.69 Å². The highest BCUT2D eigenvalue weighted by Gasteiger charge is 2.25. The predicted octanol–water partition coefficient (Wildman–Crippen LogP) is 4.87. The van der Waals surface area contributed by atoms with Gasteiger partial charge >= 0.3 is 5.76 Å². The summed E-state index contributed by atoms with van der Waals surface area (Å²) in [6, 6.07) is 1.52. The van der Waals surface area contributed by atoms with Crippen molar-refractivity contribution in [3.05, 3.63) is 37.6 Å². The van der Waals surface area contributed by atoms with Gasteiger partial charge in [-0.3, -0.25) is 0 Å². The van der Waals surface area contributed by atoms with Crippen molar-refractivity contribution in [2.75, 3.05) is 0 Å². The fraction of sp³-hybridized carbons (Fsp3) is 0.467. The highest BCUT2D eigenvalue weighted by Crippen LogP contribution is 2.41. The van der Waals surface area contributed by atoms with Crippen LogP contribution in [-0.2, 0) is 5.41 Å². The summed E-state index contributed by atoms with van der Waals surface area (Å²) >= 11 is 18.5. The Kier molecular flexibility index (Phi) is 5.04. The number of ether oxygens (including phenoxy) is 1. The average Bonchev–Trinajstić information content (AvgIpc) is 2.81. The minimum Gasteiger partial charge on any atom is -0.489 e. The largest absolute Gasteiger partial charge is 0.489 e. The Bertz CT molecular complexity index is 788. The molecule has 0 saturated carbocycles. The molecule has 1 aromatic carbocycles. The number of hydrogen-bond acceptors (Lipinski definition) is 4. The Morgan fingerprint density at radius 3 is 2.26 bits per heavy atom. The summed E-state index contributed by atoms with van der Waals surface area (Å²) in [7, 11) is 0. The molecule has 1 aromatic heterocycles. The second-order valence-electron chi connectivity index (χ2n) is 6.34. The Morgan fingerprint density at radius 2 is 1.78 bits per heavy atom. The summed E-state index contributed by atoms with van der Waals surface area (Å²) in [5.74, 6) is -0.0556. The molecule has 0 spiro atoms. The van der Waals surface area contributed by atoms with Gasteiger partial charge in [-0.1, -0.05) is 55.6 Å². The Balaban J connectivity index is 2.67. The normalized spacial score (nSPS) is 12.0. The molecule has 2 aromatic rings. The lowest BCUT2D eigenvalue weighted by Crippen LogP contribution is -2.15. The van der Waals surface area contributed by atoms with Gasteiger partial charge in [-0.15, -0.1) is 5.10 Å². The lowest BCUT2D eigenvalue weighted by Gasteiger charge is -2.15. The fourth-order valence-electron chi connectivity index (χ4n) is 1.79. The van der Waals surface area contributed by atoms with Gasteiger partial charge in [-0.25, -0.2) is 4.79 Å². The van der Waals surface area contributed by atoms with Crippen molar-refractivity contribution in [3.63, 3.8) is 0 Å². The molecule has 126 valence electrons. The van der Waals surface area contributed by atoms with Crippen molar-refractivity contribution in [1.82, 2.24) is 9.78 Å². The number of rotatable bonds is 3. The van der Waals surface area contributed by atoms with Crippen LogP contribution in [0.1, 0.15) is 40.5 Å². The molecular weight excluding hydrogens is 363 g/mol. The van der Waals surface area contributed by atoms with Crippen molar-refractivity contribution in [2.24, 2.45) is 0 Å². The van der Waals surface area contributed by atoms with Crippen molar-refractivity contribution in [1.29, 1.82) is 0 Å². The van der Waals surface area contributed by atoms with Crippen molar-refractivity contribution >= 4 is 34.8 Å². The first-order valence-corrected chi connectivity index (χ1v) is 8.11. The third-order valence-electron chi connectivity index (χ3n) is 2.87. The molecule has 0 aliphatic heterocycles. The zero-order valence-electron chi connectivity index (χ0n) is 13.4. The molecule has 2 rings (SSSR count). The van der Waals surface area contributed by atoms with Gasteiger partial charge in [0.15, 0.2) is 0 Å². The van der Waals surface area contributed by atoms with E-state index in [1.807, 2.05) is 34.6 Å². The van der Waals surface area contributed by atoms with Crippen molar-refractivity contribution < 1.29 is 9.15 Å². The zero-order chi connectivity index (χ0) is 17.5. The Labute approximate surface area is 149 Å². The quantitative estimate of drug-likeness (QED) is 0.714. The highest BCUT2D eigenvalue weighted by molar-refractivity contribution is 6.49. The number of aromatic nitrogens is 2. The monoisotopic (exact) mass is 378 g/mol. The fourth-order valence-corrected chi connectivity index (χ4v) is 2.46. The molecule has 5 nitrogen and oxygen atoms in total. The maximum atomic E-state index is 12.1. The number of halogens is 3. The van der Waals surface area contributed by atoms with Crippen LogP contribution in [0.15, 0.2) is 15.3 Å². The van der Waals surface area contributed by atoms with E-state index in [-0.39, 0.29) is 32.7 Å². The van der Waals surface area contributed by atoms with E-state index in [0.29, 0.717) is 5.75 Å². The minimum atomic E-state index is -0.661. The van der Waals surface area contributed by atoms with E-state index in [9.17, 15) is 4.79 Å². The summed E-state index contributed by atoms with van der Waals surface area (Å²) < 4.78 is 11.9. The predicted molar refractivity (Wildman–Crippen MR) is 91.6 cm³/mol. The molecule has 0 aliphatic carbocycles. The van der Waals surface area contributed by atoms with E-state index in [4.69, 9.17) is 44.0 Å². The Hall–Kier alpha value is -1.17. The van der Waals surface area contributed by atoms with Crippen LogP contribution in [0.2, 0.25) is 15.1 Å². The number of benzene rings is 1. The summed E-state index contributed by atoms with van der Waals surface area (Å²) in [5, 5.41) is 4.57. The van der Waals surface area contributed by atoms with Crippen LogP contribution in [0, 0.1) is 0 Å². The van der Waals surface area contributed by atoms with Gasteiger partial charge in [0.05, 0.1) is 21.8 Å². The molecule has 0 unspecified atom stereocenters. The van der Waals surface area contributed by atoms with Crippen LogP contribution in [-0.4, -0.2) is 15.9 Å². The lowest BCUT2D eigenvalue weighted by atomic mass is 9.97. The first kappa shape index (κ1) is 18.2. The molecule has 0 N–H and O–H groups in total. The topological polar surface area (TPSA) is 57.3 Å². The van der Waals surface area contributed by atoms with Gasteiger partial charge < -0.3 is 9.15 Å². The first-order chi connectivity index (χ1) is 10.5.